The summed E-state index contributed by atoms with van der Waals surface area (Å²) in [7, 11) is 1.58. The molecular weight excluding hydrogens is 215 g/mol. The van der Waals surface area contributed by atoms with E-state index in [9.17, 15) is 13.2 Å². The van der Waals surface area contributed by atoms with Crippen molar-refractivity contribution in [1.82, 2.24) is 0 Å². The van der Waals surface area contributed by atoms with Crippen LogP contribution in [0, 0.1) is 6.92 Å². The molecule has 0 atom stereocenters. The van der Waals surface area contributed by atoms with Crippen molar-refractivity contribution in [3.63, 3.8) is 0 Å². The average Bonchev–Trinajstić information content (AvgIpc) is 2.20. The van der Waals surface area contributed by atoms with Gasteiger partial charge >= 0.3 is 6.18 Å². The van der Waals surface area contributed by atoms with Gasteiger partial charge < -0.3 is 0 Å². The molecule has 0 heterocycles. The van der Waals surface area contributed by atoms with Crippen LogP contribution in [0.15, 0.2) is 35.8 Å². The van der Waals surface area contributed by atoms with Gasteiger partial charge in [0.25, 0.3) is 0 Å². The highest BCUT2D eigenvalue weighted by atomic mass is 19.4. The standard InChI is InChI=1S/C12H12F3N/c1-4-11(16-3)10-6-5-9(7-8(10)2)12(13,14)15/h4-7H,1H2,2-3H3/b16-11-. The third-order valence-electron chi connectivity index (χ3n) is 2.26. The maximum absolute atomic E-state index is 12.4. The van der Waals surface area contributed by atoms with E-state index in [4.69, 9.17) is 0 Å². The fraction of sp³-hybridized carbons (Fsp3) is 0.250. The van der Waals surface area contributed by atoms with Gasteiger partial charge in [-0.2, -0.15) is 13.2 Å². The summed E-state index contributed by atoms with van der Waals surface area (Å²) in [5.74, 6) is 0. The van der Waals surface area contributed by atoms with E-state index in [1.807, 2.05) is 0 Å². The molecule has 1 aromatic rings. The zero-order chi connectivity index (χ0) is 12.3. The topological polar surface area (TPSA) is 12.4 Å². The largest absolute Gasteiger partial charge is 0.416 e. The minimum atomic E-state index is -4.30. The van der Waals surface area contributed by atoms with Crippen molar-refractivity contribution < 1.29 is 13.2 Å². The van der Waals surface area contributed by atoms with Gasteiger partial charge in [0.1, 0.15) is 0 Å². The molecule has 4 heteroatoms. The fourth-order valence-corrected chi connectivity index (χ4v) is 1.45. The van der Waals surface area contributed by atoms with E-state index in [-0.39, 0.29) is 0 Å². The van der Waals surface area contributed by atoms with Gasteiger partial charge in [-0.3, -0.25) is 4.99 Å². The van der Waals surface area contributed by atoms with Gasteiger partial charge in [-0.25, -0.2) is 0 Å². The summed E-state index contributed by atoms with van der Waals surface area (Å²) in [5, 5.41) is 0. The molecule has 0 bridgehead atoms. The van der Waals surface area contributed by atoms with Crippen LogP contribution in [0.25, 0.3) is 0 Å². The fourth-order valence-electron chi connectivity index (χ4n) is 1.45. The Morgan fingerprint density at radius 1 is 1.38 bits per heavy atom. The number of aryl methyl sites for hydroxylation is 1. The summed E-state index contributed by atoms with van der Waals surface area (Å²) in [6.45, 7) is 5.19. The molecule has 0 N–H and O–H groups in total. The monoisotopic (exact) mass is 227 g/mol. The smallest absolute Gasteiger partial charge is 0.288 e. The quantitative estimate of drug-likeness (QED) is 0.684. The molecule has 1 aromatic carbocycles. The summed E-state index contributed by atoms with van der Waals surface area (Å²) in [4.78, 5) is 3.95. The number of hydrogen-bond acceptors (Lipinski definition) is 1. The van der Waals surface area contributed by atoms with Crippen molar-refractivity contribution in [3.05, 3.63) is 47.5 Å². The SMILES string of the molecule is C=C/C(=N/C)c1ccc(C(F)(F)F)cc1C. The van der Waals surface area contributed by atoms with Crippen LogP contribution in [-0.2, 0) is 6.18 Å². The van der Waals surface area contributed by atoms with E-state index in [2.05, 4.69) is 11.6 Å². The third-order valence-corrected chi connectivity index (χ3v) is 2.26. The Bertz CT molecular complexity index is 430. The molecule has 0 aromatic heterocycles. The molecule has 0 aliphatic carbocycles. The van der Waals surface area contributed by atoms with Crippen LogP contribution in [0.2, 0.25) is 0 Å². The molecule has 0 fully saturated rings. The minimum absolute atomic E-state index is 0.537. The number of allylic oxidation sites excluding steroid dienone is 1. The molecule has 0 saturated heterocycles. The lowest BCUT2D eigenvalue weighted by molar-refractivity contribution is -0.137. The summed E-state index contributed by atoms with van der Waals surface area (Å²) < 4.78 is 37.2. The number of hydrogen-bond donors (Lipinski definition) is 0. The van der Waals surface area contributed by atoms with Crippen molar-refractivity contribution in [3.8, 4) is 0 Å². The molecule has 0 radical (unpaired) electrons. The Hall–Kier alpha value is -1.58. The van der Waals surface area contributed by atoms with Gasteiger partial charge in [0.15, 0.2) is 0 Å². The van der Waals surface area contributed by atoms with E-state index in [1.54, 1.807) is 14.0 Å². The summed E-state index contributed by atoms with van der Waals surface area (Å²) in [6.07, 6.45) is -2.78. The van der Waals surface area contributed by atoms with Crippen molar-refractivity contribution in [2.45, 2.75) is 13.1 Å². The first-order chi connectivity index (χ1) is 7.40. The van der Waals surface area contributed by atoms with Gasteiger partial charge in [-0.05, 0) is 30.7 Å². The molecule has 1 nitrogen and oxygen atoms in total. The highest BCUT2D eigenvalue weighted by molar-refractivity contribution is 6.09. The van der Waals surface area contributed by atoms with Crippen LogP contribution in [0.4, 0.5) is 13.2 Å². The van der Waals surface area contributed by atoms with Crippen molar-refractivity contribution in [2.24, 2.45) is 4.99 Å². The van der Waals surface area contributed by atoms with Crippen molar-refractivity contribution in [1.29, 1.82) is 0 Å². The molecule has 0 aliphatic heterocycles. The molecule has 16 heavy (non-hydrogen) atoms. The van der Waals surface area contributed by atoms with E-state index in [0.717, 1.165) is 12.1 Å². The second-order valence-electron chi connectivity index (χ2n) is 3.34. The lowest BCUT2D eigenvalue weighted by atomic mass is 10.0. The first-order valence-electron chi connectivity index (χ1n) is 4.67. The number of nitrogens with zero attached hydrogens (tertiary/aromatic N) is 1. The normalized spacial score (nSPS) is 12.7. The zero-order valence-corrected chi connectivity index (χ0v) is 9.10. The summed E-state index contributed by atoms with van der Waals surface area (Å²) in [5.41, 5.74) is 1.15. The summed E-state index contributed by atoms with van der Waals surface area (Å²) >= 11 is 0. The van der Waals surface area contributed by atoms with Crippen molar-refractivity contribution >= 4 is 5.71 Å². The highest BCUT2D eigenvalue weighted by Gasteiger charge is 2.30. The second kappa shape index (κ2) is 4.51. The Balaban J connectivity index is 3.25. The highest BCUT2D eigenvalue weighted by Crippen LogP contribution is 2.30. The maximum Gasteiger partial charge on any atom is 0.416 e. The molecule has 0 unspecified atom stereocenters. The molecule has 0 saturated carbocycles. The van der Waals surface area contributed by atoms with Crippen LogP contribution < -0.4 is 0 Å². The minimum Gasteiger partial charge on any atom is -0.288 e. The zero-order valence-electron chi connectivity index (χ0n) is 9.10. The Morgan fingerprint density at radius 2 is 2.00 bits per heavy atom. The molecule has 0 aliphatic rings. The Labute approximate surface area is 92.3 Å². The molecule has 1 rings (SSSR count). The number of benzene rings is 1. The van der Waals surface area contributed by atoms with Gasteiger partial charge in [0, 0.05) is 12.6 Å². The van der Waals surface area contributed by atoms with Crippen LogP contribution in [-0.4, -0.2) is 12.8 Å². The summed E-state index contributed by atoms with van der Waals surface area (Å²) in [6, 6.07) is 3.59. The van der Waals surface area contributed by atoms with E-state index in [1.165, 1.54) is 12.1 Å². The van der Waals surface area contributed by atoms with Gasteiger partial charge in [0.05, 0.1) is 11.3 Å². The van der Waals surface area contributed by atoms with E-state index in [0.29, 0.717) is 16.8 Å². The van der Waals surface area contributed by atoms with Crippen LogP contribution >= 0.6 is 0 Å². The number of halogens is 3. The van der Waals surface area contributed by atoms with Crippen molar-refractivity contribution in [2.75, 3.05) is 7.05 Å². The predicted molar refractivity (Wildman–Crippen MR) is 58.8 cm³/mol. The van der Waals surface area contributed by atoms with Crippen LogP contribution in [0.3, 0.4) is 0 Å². The molecule has 86 valence electrons. The van der Waals surface area contributed by atoms with Gasteiger partial charge in [0.2, 0.25) is 0 Å². The first kappa shape index (κ1) is 12.5. The van der Waals surface area contributed by atoms with Crippen LogP contribution in [0.1, 0.15) is 16.7 Å². The lowest BCUT2D eigenvalue weighted by Gasteiger charge is -2.10. The number of alkyl halides is 3. The van der Waals surface area contributed by atoms with Crippen LogP contribution in [0.5, 0.6) is 0 Å². The number of aliphatic imine (C=N–C) groups is 1. The lowest BCUT2D eigenvalue weighted by Crippen LogP contribution is -2.07. The third kappa shape index (κ3) is 2.51. The molecule has 0 amide bonds. The first-order valence-corrected chi connectivity index (χ1v) is 4.67. The predicted octanol–water partition coefficient (Wildman–Crippen LogP) is 3.62. The molecular formula is C12H12F3N. The van der Waals surface area contributed by atoms with E-state index < -0.39 is 11.7 Å². The average molecular weight is 227 g/mol. The van der Waals surface area contributed by atoms with Gasteiger partial charge in [-0.15, -0.1) is 0 Å². The van der Waals surface area contributed by atoms with E-state index >= 15 is 0 Å². The Kier molecular flexibility index (Phi) is 3.52. The van der Waals surface area contributed by atoms with Gasteiger partial charge in [-0.1, -0.05) is 12.6 Å². The second-order valence-corrected chi connectivity index (χ2v) is 3.34. The Morgan fingerprint density at radius 3 is 2.38 bits per heavy atom. The molecule has 0 spiro atoms. The number of rotatable bonds is 2. The maximum atomic E-state index is 12.4.